The van der Waals surface area contributed by atoms with Crippen LogP contribution in [0, 0.1) is 6.92 Å². The Balaban J connectivity index is 1.53. The van der Waals surface area contributed by atoms with Crippen LogP contribution in [0.4, 0.5) is 5.13 Å². The summed E-state index contributed by atoms with van der Waals surface area (Å²) in [5, 5.41) is 16.6. The molecule has 0 saturated carbocycles. The van der Waals surface area contributed by atoms with Crippen LogP contribution in [0.5, 0.6) is 5.75 Å². The van der Waals surface area contributed by atoms with Gasteiger partial charge in [-0.1, -0.05) is 35.1 Å². The normalized spacial score (nSPS) is 10.7. The molecule has 3 rings (SSSR count). The van der Waals surface area contributed by atoms with Crippen LogP contribution in [0.15, 0.2) is 42.5 Å². The number of hydrogen-bond acceptors (Lipinski definition) is 5. The predicted octanol–water partition coefficient (Wildman–Crippen LogP) is 3.15. The van der Waals surface area contributed by atoms with Crippen LogP contribution in [-0.4, -0.2) is 29.1 Å². The second kappa shape index (κ2) is 6.66. The number of aromatic hydroxyl groups is 1. The van der Waals surface area contributed by atoms with Crippen molar-refractivity contribution in [3.05, 3.63) is 53.6 Å². The number of para-hydroxylation sites is 1. The molecule has 5 nitrogen and oxygen atoms in total. The molecule has 2 aromatic carbocycles. The van der Waals surface area contributed by atoms with Crippen molar-refractivity contribution >= 4 is 32.6 Å². The number of nitrogens with zero attached hydrogens (tertiary/aromatic N) is 1. The van der Waals surface area contributed by atoms with E-state index in [0.717, 1.165) is 20.9 Å². The minimum atomic E-state index is -0.280. The standard InChI is InChI=1S/C17H17N3O2S/c1-11-6-7-14(21)12(10-11)16(22)18-8-9-19-17-20-13-4-2-3-5-15(13)23-17/h2-7,10,21H,8-9H2,1H3,(H,18,22)(H,19,20). The summed E-state index contributed by atoms with van der Waals surface area (Å²) >= 11 is 1.58. The molecule has 23 heavy (non-hydrogen) atoms. The van der Waals surface area contributed by atoms with Gasteiger partial charge in [0.05, 0.1) is 15.8 Å². The third kappa shape index (κ3) is 3.60. The van der Waals surface area contributed by atoms with Crippen molar-refractivity contribution in [2.75, 3.05) is 18.4 Å². The Morgan fingerprint density at radius 1 is 1.22 bits per heavy atom. The summed E-state index contributed by atoms with van der Waals surface area (Å²) in [7, 11) is 0. The average molecular weight is 327 g/mol. The SMILES string of the molecule is Cc1ccc(O)c(C(=O)NCCNc2nc3ccccc3s2)c1. The number of amides is 1. The topological polar surface area (TPSA) is 74.2 Å². The summed E-state index contributed by atoms with van der Waals surface area (Å²) in [6.07, 6.45) is 0. The Labute approximate surface area is 138 Å². The van der Waals surface area contributed by atoms with E-state index in [9.17, 15) is 9.90 Å². The molecule has 0 aliphatic rings. The highest BCUT2D eigenvalue weighted by Gasteiger charge is 2.10. The number of aryl methyl sites for hydroxylation is 1. The van der Waals surface area contributed by atoms with Crippen molar-refractivity contribution in [2.24, 2.45) is 0 Å². The maximum atomic E-state index is 12.1. The number of phenolic OH excluding ortho intramolecular Hbond substituents is 1. The minimum absolute atomic E-state index is 0.00719. The first-order valence-electron chi connectivity index (χ1n) is 7.31. The fourth-order valence-electron chi connectivity index (χ4n) is 2.22. The fraction of sp³-hybridized carbons (Fsp3) is 0.176. The number of phenols is 1. The number of benzene rings is 2. The quantitative estimate of drug-likeness (QED) is 0.629. The van der Waals surface area contributed by atoms with Crippen molar-refractivity contribution < 1.29 is 9.90 Å². The average Bonchev–Trinajstić information content (AvgIpc) is 2.96. The highest BCUT2D eigenvalue weighted by atomic mass is 32.1. The molecule has 1 amide bonds. The van der Waals surface area contributed by atoms with Gasteiger partial charge in [0.2, 0.25) is 0 Å². The molecule has 0 unspecified atom stereocenters. The summed E-state index contributed by atoms with van der Waals surface area (Å²) in [5.74, 6) is -0.287. The molecule has 3 N–H and O–H groups in total. The second-order valence-electron chi connectivity index (χ2n) is 5.19. The van der Waals surface area contributed by atoms with Crippen LogP contribution in [0.2, 0.25) is 0 Å². The third-order valence-electron chi connectivity index (χ3n) is 3.38. The number of carbonyl (C=O) groups excluding carboxylic acids is 1. The number of hydrogen-bond donors (Lipinski definition) is 3. The van der Waals surface area contributed by atoms with E-state index in [4.69, 9.17) is 0 Å². The van der Waals surface area contributed by atoms with Crippen LogP contribution < -0.4 is 10.6 Å². The zero-order chi connectivity index (χ0) is 16.2. The van der Waals surface area contributed by atoms with Crippen LogP contribution >= 0.6 is 11.3 Å². The number of carbonyl (C=O) groups is 1. The molecule has 0 bridgehead atoms. The molecule has 1 heterocycles. The van der Waals surface area contributed by atoms with Gasteiger partial charge in [0.1, 0.15) is 5.75 Å². The molecular formula is C17H17N3O2S. The predicted molar refractivity (Wildman–Crippen MR) is 93.3 cm³/mol. The monoisotopic (exact) mass is 327 g/mol. The third-order valence-corrected chi connectivity index (χ3v) is 4.37. The lowest BCUT2D eigenvalue weighted by Crippen LogP contribution is -2.28. The van der Waals surface area contributed by atoms with E-state index < -0.39 is 0 Å². The van der Waals surface area contributed by atoms with E-state index in [1.165, 1.54) is 6.07 Å². The van der Waals surface area contributed by atoms with Gasteiger partial charge in [0, 0.05) is 13.1 Å². The van der Waals surface area contributed by atoms with Crippen molar-refractivity contribution in [2.45, 2.75) is 6.92 Å². The van der Waals surface area contributed by atoms with Crippen molar-refractivity contribution in [1.29, 1.82) is 0 Å². The van der Waals surface area contributed by atoms with E-state index >= 15 is 0 Å². The van der Waals surface area contributed by atoms with Gasteiger partial charge in [0.15, 0.2) is 5.13 Å². The summed E-state index contributed by atoms with van der Waals surface area (Å²) < 4.78 is 1.13. The zero-order valence-electron chi connectivity index (χ0n) is 12.7. The lowest BCUT2D eigenvalue weighted by Gasteiger charge is -2.08. The largest absolute Gasteiger partial charge is 0.507 e. The maximum absolute atomic E-state index is 12.1. The molecule has 0 saturated heterocycles. The molecule has 0 radical (unpaired) electrons. The number of aromatic nitrogens is 1. The Kier molecular flexibility index (Phi) is 4.43. The number of rotatable bonds is 5. The number of nitrogens with one attached hydrogen (secondary N) is 2. The van der Waals surface area contributed by atoms with Crippen LogP contribution in [0.1, 0.15) is 15.9 Å². The van der Waals surface area contributed by atoms with Gasteiger partial charge < -0.3 is 15.7 Å². The van der Waals surface area contributed by atoms with E-state index in [2.05, 4.69) is 15.6 Å². The van der Waals surface area contributed by atoms with Gasteiger partial charge in [-0.15, -0.1) is 0 Å². The van der Waals surface area contributed by atoms with E-state index in [-0.39, 0.29) is 11.7 Å². The summed E-state index contributed by atoms with van der Waals surface area (Å²) in [6, 6.07) is 12.9. The first-order valence-corrected chi connectivity index (χ1v) is 8.12. The van der Waals surface area contributed by atoms with Gasteiger partial charge in [0.25, 0.3) is 5.91 Å². The van der Waals surface area contributed by atoms with Gasteiger partial charge >= 0.3 is 0 Å². The Hall–Kier alpha value is -2.60. The fourth-order valence-corrected chi connectivity index (χ4v) is 3.11. The molecule has 1 aromatic heterocycles. The van der Waals surface area contributed by atoms with E-state index in [1.54, 1.807) is 23.5 Å². The van der Waals surface area contributed by atoms with Gasteiger partial charge in [-0.25, -0.2) is 4.98 Å². The highest BCUT2D eigenvalue weighted by Crippen LogP contribution is 2.25. The number of thiazole rings is 1. The first-order chi connectivity index (χ1) is 11.1. The molecule has 118 valence electrons. The Morgan fingerprint density at radius 3 is 2.87 bits per heavy atom. The summed E-state index contributed by atoms with van der Waals surface area (Å²) in [5.41, 5.74) is 2.19. The lowest BCUT2D eigenvalue weighted by atomic mass is 10.1. The molecule has 3 aromatic rings. The van der Waals surface area contributed by atoms with Gasteiger partial charge in [-0.3, -0.25) is 4.79 Å². The molecular weight excluding hydrogens is 310 g/mol. The molecule has 0 aliphatic heterocycles. The second-order valence-corrected chi connectivity index (χ2v) is 6.22. The van der Waals surface area contributed by atoms with Crippen LogP contribution in [0.25, 0.3) is 10.2 Å². The van der Waals surface area contributed by atoms with Crippen molar-refractivity contribution in [1.82, 2.24) is 10.3 Å². The first kappa shape index (κ1) is 15.3. The van der Waals surface area contributed by atoms with E-state index in [1.807, 2.05) is 31.2 Å². The maximum Gasteiger partial charge on any atom is 0.255 e. The molecule has 0 atom stereocenters. The zero-order valence-corrected chi connectivity index (χ0v) is 13.5. The van der Waals surface area contributed by atoms with Gasteiger partial charge in [-0.05, 0) is 31.2 Å². The lowest BCUT2D eigenvalue weighted by molar-refractivity contribution is 0.0952. The Morgan fingerprint density at radius 2 is 2.04 bits per heavy atom. The molecule has 0 aliphatic carbocycles. The van der Waals surface area contributed by atoms with Crippen LogP contribution in [0.3, 0.4) is 0 Å². The number of anilines is 1. The van der Waals surface area contributed by atoms with Crippen LogP contribution in [-0.2, 0) is 0 Å². The number of fused-ring (bicyclic) bond motifs is 1. The minimum Gasteiger partial charge on any atom is -0.507 e. The molecule has 0 fully saturated rings. The highest BCUT2D eigenvalue weighted by molar-refractivity contribution is 7.22. The van der Waals surface area contributed by atoms with E-state index in [0.29, 0.717) is 18.7 Å². The molecule has 6 heteroatoms. The summed E-state index contributed by atoms with van der Waals surface area (Å²) in [4.78, 5) is 16.5. The van der Waals surface area contributed by atoms with Gasteiger partial charge in [-0.2, -0.15) is 0 Å². The Bertz CT molecular complexity index is 812. The van der Waals surface area contributed by atoms with Crippen molar-refractivity contribution in [3.8, 4) is 5.75 Å². The summed E-state index contributed by atoms with van der Waals surface area (Å²) in [6.45, 7) is 2.89. The van der Waals surface area contributed by atoms with Crippen molar-refractivity contribution in [3.63, 3.8) is 0 Å². The molecule has 0 spiro atoms. The smallest absolute Gasteiger partial charge is 0.255 e.